The van der Waals surface area contributed by atoms with E-state index in [2.05, 4.69) is 32.8 Å². The fourth-order valence-electron chi connectivity index (χ4n) is 3.57. The molecule has 1 heterocycles. The first-order valence-electron chi connectivity index (χ1n) is 8.39. The predicted octanol–water partition coefficient (Wildman–Crippen LogP) is 4.09. The van der Waals surface area contributed by atoms with Crippen molar-refractivity contribution < 1.29 is 5.11 Å². The van der Waals surface area contributed by atoms with Crippen molar-refractivity contribution in [2.45, 2.75) is 72.4 Å². The third-order valence-corrected chi connectivity index (χ3v) is 5.51. The number of hydrogen-bond donors (Lipinski definition) is 1. The van der Waals surface area contributed by atoms with Crippen LogP contribution in [0.4, 0.5) is 0 Å². The Bertz CT molecular complexity index is 470. The minimum atomic E-state index is -0.193. The number of aryl methyl sites for hydroxylation is 2. The molecule has 1 aromatic rings. The van der Waals surface area contributed by atoms with Gasteiger partial charge in [-0.05, 0) is 56.8 Å². The number of nitrogens with zero attached hydrogens (tertiary/aromatic N) is 2. The van der Waals surface area contributed by atoms with Gasteiger partial charge in [-0.2, -0.15) is 5.10 Å². The normalized spacial score (nSPS) is 26.5. The van der Waals surface area contributed by atoms with E-state index in [0.29, 0.717) is 11.8 Å². The number of aromatic nitrogens is 2. The second-order valence-corrected chi connectivity index (χ2v) is 7.10. The van der Waals surface area contributed by atoms with Crippen molar-refractivity contribution in [3.63, 3.8) is 0 Å². The van der Waals surface area contributed by atoms with Crippen LogP contribution in [0.2, 0.25) is 5.02 Å². The highest BCUT2D eigenvalue weighted by Crippen LogP contribution is 2.37. The number of aliphatic hydroxyl groups is 1. The Hall–Kier alpha value is -0.540. The van der Waals surface area contributed by atoms with E-state index in [0.717, 1.165) is 61.0 Å². The van der Waals surface area contributed by atoms with E-state index >= 15 is 0 Å². The Morgan fingerprint density at radius 3 is 2.62 bits per heavy atom. The first kappa shape index (κ1) is 16.8. The average molecular weight is 313 g/mol. The first-order valence-corrected chi connectivity index (χ1v) is 8.77. The number of rotatable bonds is 5. The third-order valence-electron chi connectivity index (χ3n) is 5.08. The van der Waals surface area contributed by atoms with E-state index in [1.54, 1.807) is 0 Å². The van der Waals surface area contributed by atoms with Gasteiger partial charge in [0.2, 0.25) is 0 Å². The van der Waals surface area contributed by atoms with Crippen molar-refractivity contribution in [1.82, 2.24) is 9.78 Å². The SMILES string of the molecule is CCc1nn(CC)c(CC2CC(C(C)C)CCC2O)c1Cl. The van der Waals surface area contributed by atoms with Crippen molar-refractivity contribution in [3.8, 4) is 0 Å². The highest BCUT2D eigenvalue weighted by atomic mass is 35.5. The van der Waals surface area contributed by atoms with Crippen LogP contribution in [0.3, 0.4) is 0 Å². The van der Waals surface area contributed by atoms with Crippen molar-refractivity contribution in [2.24, 2.45) is 17.8 Å². The number of hydrogen-bond acceptors (Lipinski definition) is 2. The minimum Gasteiger partial charge on any atom is -0.393 e. The topological polar surface area (TPSA) is 38.0 Å². The van der Waals surface area contributed by atoms with Crippen LogP contribution in [0.5, 0.6) is 0 Å². The average Bonchev–Trinajstić information content (AvgIpc) is 2.77. The summed E-state index contributed by atoms with van der Waals surface area (Å²) < 4.78 is 2.02. The molecule has 1 N–H and O–H groups in total. The summed E-state index contributed by atoms with van der Waals surface area (Å²) >= 11 is 6.51. The molecule has 3 atom stereocenters. The van der Waals surface area contributed by atoms with Gasteiger partial charge in [-0.25, -0.2) is 0 Å². The maximum atomic E-state index is 10.4. The van der Waals surface area contributed by atoms with Crippen LogP contribution in [0.1, 0.15) is 58.3 Å². The number of aliphatic hydroxyl groups excluding tert-OH is 1. The largest absolute Gasteiger partial charge is 0.393 e. The van der Waals surface area contributed by atoms with Gasteiger partial charge in [0.1, 0.15) is 0 Å². The maximum Gasteiger partial charge on any atom is 0.0849 e. The van der Waals surface area contributed by atoms with Crippen molar-refractivity contribution in [3.05, 3.63) is 16.4 Å². The smallest absolute Gasteiger partial charge is 0.0849 e. The molecule has 0 amide bonds. The standard InChI is InChI=1S/C17H29ClN2O/c1-5-14-17(18)15(20(6-2)19-14)10-13-9-12(11(3)4)7-8-16(13)21/h11-13,16,21H,5-10H2,1-4H3. The molecule has 0 radical (unpaired) electrons. The van der Waals surface area contributed by atoms with Crippen LogP contribution in [-0.4, -0.2) is 21.0 Å². The zero-order valence-corrected chi connectivity index (χ0v) is 14.5. The van der Waals surface area contributed by atoms with Gasteiger partial charge in [-0.1, -0.05) is 32.4 Å². The van der Waals surface area contributed by atoms with Gasteiger partial charge in [-0.15, -0.1) is 0 Å². The van der Waals surface area contributed by atoms with Crippen LogP contribution in [-0.2, 0) is 19.4 Å². The molecule has 3 unspecified atom stereocenters. The molecule has 1 aliphatic carbocycles. The Morgan fingerprint density at radius 2 is 2.05 bits per heavy atom. The molecule has 2 rings (SSSR count). The maximum absolute atomic E-state index is 10.4. The van der Waals surface area contributed by atoms with Crippen molar-refractivity contribution in [1.29, 1.82) is 0 Å². The Labute approximate surface area is 133 Å². The van der Waals surface area contributed by atoms with Gasteiger partial charge in [0.05, 0.1) is 22.5 Å². The molecule has 3 nitrogen and oxygen atoms in total. The lowest BCUT2D eigenvalue weighted by Gasteiger charge is -2.35. The molecule has 1 aromatic heterocycles. The quantitative estimate of drug-likeness (QED) is 0.889. The molecule has 4 heteroatoms. The van der Waals surface area contributed by atoms with E-state index in [9.17, 15) is 5.11 Å². The Balaban J connectivity index is 2.18. The van der Waals surface area contributed by atoms with Crippen LogP contribution in [0.15, 0.2) is 0 Å². The van der Waals surface area contributed by atoms with E-state index in [1.807, 2.05) is 4.68 Å². The van der Waals surface area contributed by atoms with Gasteiger partial charge < -0.3 is 5.11 Å². The Kier molecular flexibility index (Phi) is 5.73. The molecular weight excluding hydrogens is 284 g/mol. The van der Waals surface area contributed by atoms with Gasteiger partial charge in [-0.3, -0.25) is 4.68 Å². The van der Waals surface area contributed by atoms with E-state index in [4.69, 9.17) is 11.6 Å². The molecule has 0 aliphatic heterocycles. The zero-order chi connectivity index (χ0) is 15.6. The summed E-state index contributed by atoms with van der Waals surface area (Å²) in [7, 11) is 0. The second kappa shape index (κ2) is 7.15. The summed E-state index contributed by atoms with van der Waals surface area (Å²) in [6, 6.07) is 0. The molecule has 1 fully saturated rings. The highest BCUT2D eigenvalue weighted by molar-refractivity contribution is 6.31. The van der Waals surface area contributed by atoms with Gasteiger partial charge in [0, 0.05) is 6.54 Å². The molecule has 0 spiro atoms. The van der Waals surface area contributed by atoms with Crippen LogP contribution >= 0.6 is 11.6 Å². The van der Waals surface area contributed by atoms with Crippen molar-refractivity contribution in [2.75, 3.05) is 0 Å². The third kappa shape index (κ3) is 3.62. The summed E-state index contributed by atoms with van der Waals surface area (Å²) in [5.74, 6) is 1.73. The molecule has 0 saturated heterocycles. The molecule has 120 valence electrons. The lowest BCUT2D eigenvalue weighted by Crippen LogP contribution is -2.33. The van der Waals surface area contributed by atoms with Crippen LogP contribution in [0, 0.1) is 17.8 Å². The lowest BCUT2D eigenvalue weighted by molar-refractivity contribution is 0.0369. The summed E-state index contributed by atoms with van der Waals surface area (Å²) in [6.45, 7) is 9.60. The van der Waals surface area contributed by atoms with Gasteiger partial charge in [0.15, 0.2) is 0 Å². The van der Waals surface area contributed by atoms with E-state index < -0.39 is 0 Å². The molecule has 1 aliphatic rings. The first-order chi connectivity index (χ1) is 9.97. The lowest BCUT2D eigenvalue weighted by atomic mass is 9.73. The van der Waals surface area contributed by atoms with Crippen LogP contribution < -0.4 is 0 Å². The fraction of sp³-hybridized carbons (Fsp3) is 0.824. The predicted molar refractivity (Wildman–Crippen MR) is 87.7 cm³/mol. The van der Waals surface area contributed by atoms with Crippen molar-refractivity contribution >= 4 is 11.6 Å². The van der Waals surface area contributed by atoms with Gasteiger partial charge in [0.25, 0.3) is 0 Å². The highest BCUT2D eigenvalue weighted by Gasteiger charge is 2.32. The Morgan fingerprint density at radius 1 is 1.33 bits per heavy atom. The fourth-order valence-corrected chi connectivity index (χ4v) is 3.92. The summed E-state index contributed by atoms with van der Waals surface area (Å²) in [6.07, 6.45) is 4.69. The summed E-state index contributed by atoms with van der Waals surface area (Å²) in [5, 5.41) is 15.8. The summed E-state index contributed by atoms with van der Waals surface area (Å²) in [5.41, 5.74) is 2.10. The van der Waals surface area contributed by atoms with Crippen LogP contribution in [0.25, 0.3) is 0 Å². The molecule has 0 aromatic carbocycles. The second-order valence-electron chi connectivity index (χ2n) is 6.73. The monoisotopic (exact) mass is 312 g/mol. The number of halogens is 1. The molecule has 0 bridgehead atoms. The van der Waals surface area contributed by atoms with E-state index in [-0.39, 0.29) is 6.10 Å². The van der Waals surface area contributed by atoms with Gasteiger partial charge >= 0.3 is 0 Å². The minimum absolute atomic E-state index is 0.193. The molecular formula is C17H29ClN2O. The van der Waals surface area contributed by atoms with E-state index in [1.165, 1.54) is 0 Å². The molecule has 1 saturated carbocycles. The summed E-state index contributed by atoms with van der Waals surface area (Å²) in [4.78, 5) is 0. The zero-order valence-electron chi connectivity index (χ0n) is 13.8. The molecule has 21 heavy (non-hydrogen) atoms.